The minimum absolute atomic E-state index is 0.0919. The summed E-state index contributed by atoms with van der Waals surface area (Å²) in [6.45, 7) is 4.05. The lowest BCUT2D eigenvalue weighted by atomic mass is 10.3. The molecule has 24 heavy (non-hydrogen) atoms. The fraction of sp³-hybridized carbons (Fsp3) is 0.294. The maximum absolute atomic E-state index is 12.5. The molecule has 1 heterocycles. The van der Waals surface area contributed by atoms with E-state index in [2.05, 4.69) is 5.32 Å². The zero-order chi connectivity index (χ0) is 17.7. The largest absolute Gasteiger partial charge is 0.456 e. The Balaban J connectivity index is 2.06. The van der Waals surface area contributed by atoms with Gasteiger partial charge in [-0.05, 0) is 43.7 Å². The first-order valence-electron chi connectivity index (χ1n) is 7.51. The number of aryl methyl sites for hydroxylation is 1. The molecule has 2 aromatic rings. The Morgan fingerprint density at radius 1 is 1.21 bits per heavy atom. The fourth-order valence-corrected chi connectivity index (χ4v) is 2.64. The van der Waals surface area contributed by atoms with Gasteiger partial charge in [0.05, 0.1) is 10.7 Å². The molecule has 0 saturated carbocycles. The Kier molecular flexibility index (Phi) is 6.29. The summed E-state index contributed by atoms with van der Waals surface area (Å²) in [7, 11) is 0. The smallest absolute Gasteiger partial charge is 0.290 e. The minimum Gasteiger partial charge on any atom is -0.456 e. The molecule has 0 atom stereocenters. The molecule has 5 nitrogen and oxygen atoms in total. The van der Waals surface area contributed by atoms with Crippen LogP contribution in [0.3, 0.4) is 0 Å². The van der Waals surface area contributed by atoms with Crippen LogP contribution < -0.4 is 5.32 Å². The van der Waals surface area contributed by atoms with Crippen LogP contribution in [0.4, 0.5) is 5.69 Å². The van der Waals surface area contributed by atoms with Gasteiger partial charge in [-0.3, -0.25) is 9.59 Å². The van der Waals surface area contributed by atoms with E-state index in [0.717, 1.165) is 6.42 Å². The van der Waals surface area contributed by atoms with Gasteiger partial charge in [-0.2, -0.15) is 0 Å². The van der Waals surface area contributed by atoms with E-state index in [9.17, 15) is 9.59 Å². The van der Waals surface area contributed by atoms with Crippen LogP contribution in [0.2, 0.25) is 10.0 Å². The van der Waals surface area contributed by atoms with Crippen molar-refractivity contribution in [3.8, 4) is 0 Å². The molecule has 0 saturated heterocycles. The van der Waals surface area contributed by atoms with Crippen LogP contribution in [-0.4, -0.2) is 29.8 Å². The topological polar surface area (TPSA) is 62.6 Å². The predicted octanol–water partition coefficient (Wildman–Crippen LogP) is 4.39. The van der Waals surface area contributed by atoms with Crippen molar-refractivity contribution in [2.45, 2.75) is 20.3 Å². The van der Waals surface area contributed by atoms with Crippen molar-refractivity contribution in [3.63, 3.8) is 0 Å². The molecule has 7 heteroatoms. The summed E-state index contributed by atoms with van der Waals surface area (Å²) in [5.74, 6) is 0.206. The molecule has 0 aliphatic heterocycles. The number of benzene rings is 1. The van der Waals surface area contributed by atoms with Crippen LogP contribution in [0.5, 0.6) is 0 Å². The molecule has 0 bridgehead atoms. The zero-order valence-electron chi connectivity index (χ0n) is 13.4. The summed E-state index contributed by atoms with van der Waals surface area (Å²) in [4.78, 5) is 26.1. The Bertz CT molecular complexity index is 743. The normalized spacial score (nSPS) is 10.5. The molecular weight excluding hydrogens is 351 g/mol. The average Bonchev–Trinajstić information content (AvgIpc) is 2.95. The summed E-state index contributed by atoms with van der Waals surface area (Å²) < 4.78 is 5.35. The lowest BCUT2D eigenvalue weighted by molar-refractivity contribution is -0.116. The Hall–Kier alpha value is -1.98. The van der Waals surface area contributed by atoms with Crippen LogP contribution in [0.15, 0.2) is 34.7 Å². The SMILES string of the molecule is CCCN(CC(=O)Nc1ccc(Cl)cc1Cl)C(=O)c1ccc(C)o1. The first kappa shape index (κ1) is 18.4. The van der Waals surface area contributed by atoms with E-state index in [4.69, 9.17) is 27.6 Å². The van der Waals surface area contributed by atoms with Gasteiger partial charge in [0, 0.05) is 11.6 Å². The molecular formula is C17H18Cl2N2O3. The van der Waals surface area contributed by atoms with Crippen LogP contribution in [0.1, 0.15) is 29.7 Å². The van der Waals surface area contributed by atoms with Crippen molar-refractivity contribution in [2.75, 3.05) is 18.4 Å². The van der Waals surface area contributed by atoms with Crippen molar-refractivity contribution < 1.29 is 14.0 Å². The molecule has 128 valence electrons. The number of rotatable bonds is 6. The second kappa shape index (κ2) is 8.22. The third kappa shape index (κ3) is 4.76. The maximum Gasteiger partial charge on any atom is 0.290 e. The summed E-state index contributed by atoms with van der Waals surface area (Å²) in [5, 5.41) is 3.50. The van der Waals surface area contributed by atoms with E-state index < -0.39 is 0 Å². The van der Waals surface area contributed by atoms with Crippen LogP contribution >= 0.6 is 23.2 Å². The van der Waals surface area contributed by atoms with Gasteiger partial charge in [-0.15, -0.1) is 0 Å². The van der Waals surface area contributed by atoms with Gasteiger partial charge in [-0.1, -0.05) is 30.1 Å². The fourth-order valence-electron chi connectivity index (χ4n) is 2.18. The summed E-state index contributed by atoms with van der Waals surface area (Å²) in [6, 6.07) is 8.10. The molecule has 2 amide bonds. The number of furan rings is 1. The number of carbonyl (C=O) groups is 2. The molecule has 0 fully saturated rings. The van der Waals surface area contributed by atoms with Gasteiger partial charge in [0.25, 0.3) is 5.91 Å². The second-order valence-electron chi connectivity index (χ2n) is 5.31. The molecule has 0 radical (unpaired) electrons. The third-order valence-electron chi connectivity index (χ3n) is 3.27. The Labute approximate surface area is 150 Å². The van der Waals surface area contributed by atoms with E-state index in [-0.39, 0.29) is 24.1 Å². The second-order valence-corrected chi connectivity index (χ2v) is 6.15. The maximum atomic E-state index is 12.5. The number of nitrogens with zero attached hydrogens (tertiary/aromatic N) is 1. The number of anilines is 1. The molecule has 1 N–H and O–H groups in total. The summed E-state index contributed by atoms with van der Waals surface area (Å²) in [6.07, 6.45) is 0.723. The standard InChI is InChI=1S/C17H18Cl2N2O3/c1-3-8-21(17(23)15-7-4-11(2)24-15)10-16(22)20-14-6-5-12(18)9-13(14)19/h4-7,9H,3,8,10H2,1-2H3,(H,20,22). The average molecular weight is 369 g/mol. The molecule has 0 spiro atoms. The minimum atomic E-state index is -0.343. The van der Waals surface area contributed by atoms with Gasteiger partial charge in [0.15, 0.2) is 5.76 Å². The van der Waals surface area contributed by atoms with Crippen molar-refractivity contribution >= 4 is 40.7 Å². The lowest BCUT2D eigenvalue weighted by Crippen LogP contribution is -2.38. The van der Waals surface area contributed by atoms with Crippen molar-refractivity contribution in [1.82, 2.24) is 4.90 Å². The molecule has 2 rings (SSSR count). The number of amides is 2. The van der Waals surface area contributed by atoms with Crippen LogP contribution in [-0.2, 0) is 4.79 Å². The van der Waals surface area contributed by atoms with Crippen molar-refractivity contribution in [1.29, 1.82) is 0 Å². The third-order valence-corrected chi connectivity index (χ3v) is 3.82. The summed E-state index contributed by atoms with van der Waals surface area (Å²) in [5.41, 5.74) is 0.448. The van der Waals surface area contributed by atoms with E-state index >= 15 is 0 Å². The van der Waals surface area contributed by atoms with E-state index in [1.807, 2.05) is 6.92 Å². The molecule has 1 aromatic heterocycles. The number of carbonyl (C=O) groups excluding carboxylic acids is 2. The van der Waals surface area contributed by atoms with E-state index in [1.165, 1.54) is 4.90 Å². The lowest BCUT2D eigenvalue weighted by Gasteiger charge is -2.20. The highest BCUT2D eigenvalue weighted by atomic mass is 35.5. The first-order valence-corrected chi connectivity index (χ1v) is 8.27. The summed E-state index contributed by atoms with van der Waals surface area (Å²) >= 11 is 11.9. The first-order chi connectivity index (χ1) is 11.4. The van der Waals surface area contributed by atoms with Crippen LogP contribution in [0, 0.1) is 6.92 Å². The highest BCUT2D eigenvalue weighted by Gasteiger charge is 2.21. The number of hydrogen-bond donors (Lipinski definition) is 1. The van der Waals surface area contributed by atoms with Gasteiger partial charge in [0.2, 0.25) is 5.91 Å². The van der Waals surface area contributed by atoms with Gasteiger partial charge < -0.3 is 14.6 Å². The molecule has 1 aromatic carbocycles. The van der Waals surface area contributed by atoms with Crippen molar-refractivity contribution in [2.24, 2.45) is 0 Å². The van der Waals surface area contributed by atoms with Crippen molar-refractivity contribution in [3.05, 3.63) is 51.9 Å². The van der Waals surface area contributed by atoms with E-state index in [0.29, 0.717) is 28.0 Å². The Morgan fingerprint density at radius 2 is 1.96 bits per heavy atom. The van der Waals surface area contributed by atoms with E-state index in [1.54, 1.807) is 37.3 Å². The van der Waals surface area contributed by atoms with Gasteiger partial charge in [-0.25, -0.2) is 0 Å². The monoisotopic (exact) mass is 368 g/mol. The zero-order valence-corrected chi connectivity index (χ0v) is 14.9. The molecule has 0 aliphatic rings. The van der Waals surface area contributed by atoms with Crippen LogP contribution in [0.25, 0.3) is 0 Å². The predicted molar refractivity (Wildman–Crippen MR) is 94.7 cm³/mol. The van der Waals surface area contributed by atoms with Gasteiger partial charge >= 0.3 is 0 Å². The molecule has 0 unspecified atom stereocenters. The number of nitrogens with one attached hydrogen (secondary N) is 1. The number of halogens is 2. The highest BCUT2D eigenvalue weighted by molar-refractivity contribution is 6.36. The quantitative estimate of drug-likeness (QED) is 0.822. The van der Waals surface area contributed by atoms with Gasteiger partial charge in [0.1, 0.15) is 12.3 Å². The Morgan fingerprint density at radius 3 is 2.54 bits per heavy atom. The highest BCUT2D eigenvalue weighted by Crippen LogP contribution is 2.25. The molecule has 0 aliphatic carbocycles. The number of hydrogen-bond acceptors (Lipinski definition) is 3.